The highest BCUT2D eigenvalue weighted by atomic mass is 79.9. The first kappa shape index (κ1) is 20.8. The van der Waals surface area contributed by atoms with E-state index in [9.17, 15) is 22.8 Å². The van der Waals surface area contributed by atoms with E-state index in [1.807, 2.05) is 0 Å². The third kappa shape index (κ3) is 4.54. The number of carbonyl (C=O) groups excluding carboxylic acids is 3. The van der Waals surface area contributed by atoms with E-state index in [0.717, 1.165) is 17.3 Å². The van der Waals surface area contributed by atoms with Crippen molar-refractivity contribution in [3.05, 3.63) is 34.3 Å². The van der Waals surface area contributed by atoms with Gasteiger partial charge >= 0.3 is 6.03 Å². The quantitative estimate of drug-likeness (QED) is 0.636. The number of sulfone groups is 1. The van der Waals surface area contributed by atoms with E-state index in [-0.39, 0.29) is 5.75 Å². The molecule has 0 aromatic heterocycles. The number of benzene rings is 1. The first-order chi connectivity index (χ1) is 13.1. The zero-order valence-electron chi connectivity index (χ0n) is 15.4. The van der Waals surface area contributed by atoms with Crippen LogP contribution in [0.15, 0.2) is 28.7 Å². The Balaban J connectivity index is 1.62. The van der Waals surface area contributed by atoms with Crippen LogP contribution in [0.1, 0.15) is 38.2 Å². The first-order valence-corrected chi connectivity index (χ1v) is 11.6. The third-order valence-electron chi connectivity index (χ3n) is 5.15. The molecule has 10 heteroatoms. The summed E-state index contributed by atoms with van der Waals surface area (Å²) >= 11 is 3.27. The summed E-state index contributed by atoms with van der Waals surface area (Å²) in [6, 6.07) is 6.04. The highest BCUT2D eigenvalue weighted by Gasteiger charge is 2.53. The molecule has 152 valence electrons. The number of nitrogens with one attached hydrogen (secondary N) is 2. The van der Waals surface area contributed by atoms with Crippen molar-refractivity contribution >= 4 is 43.6 Å². The summed E-state index contributed by atoms with van der Waals surface area (Å²) in [5, 5.41) is 3.29. The van der Waals surface area contributed by atoms with Gasteiger partial charge in [0.15, 0.2) is 9.84 Å². The van der Waals surface area contributed by atoms with E-state index in [2.05, 4.69) is 33.6 Å². The molecule has 1 aliphatic carbocycles. The fourth-order valence-electron chi connectivity index (χ4n) is 3.60. The largest absolute Gasteiger partial charge is 0.344 e. The normalized spacial score (nSPS) is 25.1. The lowest BCUT2D eigenvalue weighted by Gasteiger charge is -2.33. The second kappa shape index (κ2) is 7.82. The highest BCUT2D eigenvalue weighted by Crippen LogP contribution is 2.35. The van der Waals surface area contributed by atoms with Gasteiger partial charge in [0.1, 0.15) is 11.3 Å². The number of urea groups is 1. The molecule has 1 aromatic carbocycles. The van der Waals surface area contributed by atoms with Crippen molar-refractivity contribution in [2.45, 2.75) is 43.9 Å². The average molecular weight is 472 g/mol. The summed E-state index contributed by atoms with van der Waals surface area (Å²) in [5.74, 6) is -2.10. The summed E-state index contributed by atoms with van der Waals surface area (Å²) < 4.78 is 25.4. The van der Waals surface area contributed by atoms with Gasteiger partial charge in [0.2, 0.25) is 0 Å². The molecule has 1 aliphatic heterocycles. The van der Waals surface area contributed by atoms with Crippen molar-refractivity contribution in [2.75, 3.05) is 5.75 Å². The number of halogens is 1. The van der Waals surface area contributed by atoms with Crippen LogP contribution in [0.2, 0.25) is 0 Å². The molecule has 0 atom stereocenters. The number of hydrogen-bond acceptors (Lipinski definition) is 5. The van der Waals surface area contributed by atoms with Crippen molar-refractivity contribution in [3.63, 3.8) is 0 Å². The van der Waals surface area contributed by atoms with Crippen molar-refractivity contribution in [1.82, 2.24) is 15.8 Å². The first-order valence-electron chi connectivity index (χ1n) is 9.01. The van der Waals surface area contributed by atoms with E-state index in [0.29, 0.717) is 29.3 Å². The topological polar surface area (TPSA) is 113 Å². The summed E-state index contributed by atoms with van der Waals surface area (Å²) in [5.41, 5.74) is 1.70. The Kier molecular flexibility index (Phi) is 5.81. The van der Waals surface area contributed by atoms with Gasteiger partial charge in [-0.3, -0.25) is 15.0 Å². The van der Waals surface area contributed by atoms with E-state index in [4.69, 9.17) is 0 Å². The Labute approximate surface area is 172 Å². The van der Waals surface area contributed by atoms with Gasteiger partial charge in [-0.2, -0.15) is 5.01 Å². The molecule has 8 nitrogen and oxygen atoms in total. The van der Waals surface area contributed by atoms with Crippen LogP contribution in [0, 0.1) is 5.92 Å². The maximum Gasteiger partial charge on any atom is 0.344 e. The summed E-state index contributed by atoms with van der Waals surface area (Å²) in [4.78, 5) is 37.1. The monoisotopic (exact) mass is 471 g/mol. The minimum absolute atomic E-state index is 0.318. The van der Waals surface area contributed by atoms with Gasteiger partial charge in [0, 0.05) is 4.47 Å². The maximum absolute atomic E-state index is 12.7. The number of imide groups is 1. The molecule has 3 rings (SSSR count). The Hall–Kier alpha value is -1.94. The van der Waals surface area contributed by atoms with Gasteiger partial charge in [-0.1, -0.05) is 35.0 Å². The van der Waals surface area contributed by atoms with Gasteiger partial charge in [-0.15, -0.1) is 0 Å². The fourth-order valence-corrected chi connectivity index (χ4v) is 5.30. The lowest BCUT2D eigenvalue weighted by molar-refractivity contribution is -0.139. The number of hydrazine groups is 1. The summed E-state index contributed by atoms with van der Waals surface area (Å²) in [6.07, 6.45) is 2.61. The predicted molar refractivity (Wildman–Crippen MR) is 106 cm³/mol. The molecular weight excluding hydrogens is 450 g/mol. The Morgan fingerprint density at radius 3 is 2.64 bits per heavy atom. The zero-order chi connectivity index (χ0) is 20.5. The second-order valence-electron chi connectivity index (χ2n) is 7.53. The molecule has 2 fully saturated rings. The van der Waals surface area contributed by atoms with Crippen LogP contribution in [0.25, 0.3) is 0 Å². The minimum Gasteiger partial charge on any atom is -0.322 e. The molecule has 28 heavy (non-hydrogen) atoms. The smallest absolute Gasteiger partial charge is 0.322 e. The Morgan fingerprint density at radius 2 is 2.00 bits per heavy atom. The molecule has 4 amide bonds. The summed E-state index contributed by atoms with van der Waals surface area (Å²) in [7, 11) is -3.77. The van der Waals surface area contributed by atoms with Crippen LogP contribution in [0.5, 0.6) is 0 Å². The van der Waals surface area contributed by atoms with E-state index < -0.39 is 39.0 Å². The maximum atomic E-state index is 12.7. The predicted octanol–water partition coefficient (Wildman–Crippen LogP) is 1.90. The Bertz CT molecular complexity index is 910. The third-order valence-corrected chi connectivity index (χ3v) is 7.12. The molecule has 1 spiro atoms. The van der Waals surface area contributed by atoms with E-state index >= 15 is 0 Å². The molecule has 1 saturated heterocycles. The number of rotatable bonds is 5. The molecule has 1 heterocycles. The Morgan fingerprint density at radius 1 is 1.32 bits per heavy atom. The van der Waals surface area contributed by atoms with Gasteiger partial charge in [0.25, 0.3) is 11.8 Å². The lowest BCUT2D eigenvalue weighted by atomic mass is 9.77. The number of carbonyl (C=O) groups is 3. The van der Waals surface area contributed by atoms with E-state index in [1.165, 1.54) is 0 Å². The zero-order valence-corrected chi connectivity index (χ0v) is 17.8. The van der Waals surface area contributed by atoms with Crippen LogP contribution in [-0.2, 0) is 25.2 Å². The van der Waals surface area contributed by atoms with Crippen LogP contribution >= 0.6 is 15.9 Å². The van der Waals surface area contributed by atoms with E-state index in [1.54, 1.807) is 24.3 Å². The molecule has 1 aromatic rings. The van der Waals surface area contributed by atoms with Gasteiger partial charge in [0.05, 0.1) is 5.75 Å². The second-order valence-corrected chi connectivity index (χ2v) is 10.5. The number of amides is 4. The highest BCUT2D eigenvalue weighted by molar-refractivity contribution is 9.10. The minimum atomic E-state index is -3.77. The van der Waals surface area contributed by atoms with Crippen LogP contribution in [0.3, 0.4) is 0 Å². The van der Waals surface area contributed by atoms with Crippen molar-refractivity contribution in [2.24, 2.45) is 5.92 Å². The SMILES string of the molecule is CC1CCC2(CC1)NC(=O)N(NC(=O)CS(=O)(=O)Cc1cccc(Br)c1)C2=O. The standard InChI is InChI=1S/C18H22BrN3O5S/c1-12-5-7-18(8-6-12)16(24)22(17(25)20-18)21-15(23)11-28(26,27)10-13-3-2-4-14(19)9-13/h2-4,9,12H,5-8,10-11H2,1H3,(H,20,25)(H,21,23). The molecule has 2 aliphatic rings. The number of nitrogens with zero attached hydrogens (tertiary/aromatic N) is 1. The van der Waals surface area contributed by atoms with Gasteiger partial charge < -0.3 is 5.32 Å². The molecular formula is C18H22BrN3O5S. The van der Waals surface area contributed by atoms with Crippen LogP contribution in [-0.4, -0.2) is 42.6 Å². The van der Waals surface area contributed by atoms with Crippen LogP contribution < -0.4 is 10.7 Å². The summed E-state index contributed by atoms with van der Waals surface area (Å²) in [6.45, 7) is 2.09. The fraction of sp³-hybridized carbons (Fsp3) is 0.500. The molecule has 2 N–H and O–H groups in total. The number of hydrogen-bond donors (Lipinski definition) is 2. The van der Waals surface area contributed by atoms with Gasteiger partial charge in [-0.05, 0) is 49.3 Å². The molecule has 0 radical (unpaired) electrons. The van der Waals surface area contributed by atoms with Crippen molar-refractivity contribution in [3.8, 4) is 0 Å². The van der Waals surface area contributed by atoms with Gasteiger partial charge in [-0.25, -0.2) is 13.2 Å². The van der Waals surface area contributed by atoms with Crippen molar-refractivity contribution < 1.29 is 22.8 Å². The van der Waals surface area contributed by atoms with Crippen molar-refractivity contribution in [1.29, 1.82) is 0 Å². The molecule has 1 saturated carbocycles. The lowest BCUT2D eigenvalue weighted by Crippen LogP contribution is -2.52. The molecule has 0 unspecified atom stereocenters. The molecule has 0 bridgehead atoms. The average Bonchev–Trinajstić information content (AvgIpc) is 2.81. The van der Waals surface area contributed by atoms with Crippen LogP contribution in [0.4, 0.5) is 4.79 Å².